The Morgan fingerprint density at radius 2 is 1.86 bits per heavy atom. The lowest BCUT2D eigenvalue weighted by atomic mass is 9.98. The van der Waals surface area contributed by atoms with E-state index in [9.17, 15) is 19.8 Å². The Hall–Kier alpha value is -2.32. The quantitative estimate of drug-likeness (QED) is 0.795. The van der Waals surface area contributed by atoms with E-state index in [1.165, 1.54) is 4.90 Å². The molecule has 4 atom stereocenters. The minimum absolute atomic E-state index is 0.114. The van der Waals surface area contributed by atoms with Crippen molar-refractivity contribution in [3.8, 4) is 0 Å². The fourth-order valence-electron chi connectivity index (χ4n) is 4.15. The van der Waals surface area contributed by atoms with Crippen molar-refractivity contribution in [1.82, 2.24) is 9.80 Å². The van der Waals surface area contributed by atoms with Crippen molar-refractivity contribution in [3.63, 3.8) is 0 Å². The minimum Gasteiger partial charge on any atom is -0.445 e. The van der Waals surface area contributed by atoms with E-state index in [0.717, 1.165) is 5.56 Å². The number of ether oxygens (including phenoxy) is 2. The predicted octanol–water partition coefficient (Wildman–Crippen LogP) is 2.13. The number of amides is 2. The van der Waals surface area contributed by atoms with Crippen LogP contribution in [0.5, 0.6) is 0 Å². The molecule has 2 amide bonds. The summed E-state index contributed by atoms with van der Waals surface area (Å²) < 4.78 is 11.0. The van der Waals surface area contributed by atoms with Crippen molar-refractivity contribution >= 4 is 12.2 Å². The van der Waals surface area contributed by atoms with Crippen molar-refractivity contribution in [3.05, 3.63) is 35.9 Å². The molecular weight excluding hydrogens is 376 g/mol. The van der Waals surface area contributed by atoms with Crippen LogP contribution in [0.4, 0.5) is 9.59 Å². The first-order valence-electron chi connectivity index (χ1n) is 9.99. The maximum Gasteiger partial charge on any atom is 0.410 e. The van der Waals surface area contributed by atoms with Crippen LogP contribution >= 0.6 is 0 Å². The zero-order valence-corrected chi connectivity index (χ0v) is 17.2. The number of fused-ring (bicyclic) bond motifs is 2. The van der Waals surface area contributed by atoms with Gasteiger partial charge in [0.2, 0.25) is 0 Å². The third kappa shape index (κ3) is 4.82. The van der Waals surface area contributed by atoms with Crippen LogP contribution in [-0.4, -0.2) is 75.2 Å². The normalized spacial score (nSPS) is 24.9. The van der Waals surface area contributed by atoms with E-state index in [0.29, 0.717) is 12.8 Å². The average molecular weight is 406 g/mol. The number of carbonyl (C=O) groups excluding carboxylic acids is 2. The van der Waals surface area contributed by atoms with Crippen LogP contribution in [0.25, 0.3) is 0 Å². The highest BCUT2D eigenvalue weighted by atomic mass is 16.6. The molecule has 8 heteroatoms. The summed E-state index contributed by atoms with van der Waals surface area (Å²) in [6, 6.07) is 7.93. The maximum atomic E-state index is 12.8. The summed E-state index contributed by atoms with van der Waals surface area (Å²) in [4.78, 5) is 28.6. The number of benzene rings is 1. The molecular formula is C21H30N2O6. The number of piperazine rings is 1. The van der Waals surface area contributed by atoms with E-state index in [4.69, 9.17) is 9.47 Å². The third-order valence-corrected chi connectivity index (χ3v) is 5.33. The van der Waals surface area contributed by atoms with Crippen LogP contribution in [0.15, 0.2) is 30.3 Å². The number of hydrogen-bond acceptors (Lipinski definition) is 6. The highest BCUT2D eigenvalue weighted by Crippen LogP contribution is 2.37. The fourth-order valence-corrected chi connectivity index (χ4v) is 4.15. The van der Waals surface area contributed by atoms with Gasteiger partial charge in [0.15, 0.2) is 0 Å². The van der Waals surface area contributed by atoms with Gasteiger partial charge in [-0.1, -0.05) is 30.3 Å². The summed E-state index contributed by atoms with van der Waals surface area (Å²) in [6.07, 6.45) is -0.896. The maximum absolute atomic E-state index is 12.8. The summed E-state index contributed by atoms with van der Waals surface area (Å²) >= 11 is 0. The number of aliphatic hydroxyl groups is 2. The molecule has 0 saturated carbocycles. The summed E-state index contributed by atoms with van der Waals surface area (Å²) in [5.74, 6) is 0. The van der Waals surface area contributed by atoms with Crippen LogP contribution in [0, 0.1) is 0 Å². The molecule has 3 rings (SSSR count). The summed E-state index contributed by atoms with van der Waals surface area (Å²) in [7, 11) is 0. The fraction of sp³-hybridized carbons (Fsp3) is 0.619. The van der Waals surface area contributed by atoms with Gasteiger partial charge in [0, 0.05) is 6.54 Å². The standard InChI is InChI=1S/C21H30N2O6/c1-21(2,3)29-20(27)23-15-9-10-16(23)18(17(25)12-24)22(11-15)19(26)28-13-14-7-5-4-6-8-14/h4-8,15-18,24-25H,9-13H2,1-3H3/t15-,16+,17?,18+/m1/s1. The van der Waals surface area contributed by atoms with Crippen LogP contribution in [0.2, 0.25) is 0 Å². The molecule has 1 aromatic carbocycles. The summed E-state index contributed by atoms with van der Waals surface area (Å²) in [6.45, 7) is 5.21. The van der Waals surface area contributed by atoms with E-state index in [-0.39, 0.29) is 19.2 Å². The van der Waals surface area contributed by atoms with E-state index in [2.05, 4.69) is 0 Å². The molecule has 2 aliphatic heterocycles. The highest BCUT2D eigenvalue weighted by molar-refractivity contribution is 5.72. The summed E-state index contributed by atoms with van der Waals surface area (Å²) in [5, 5.41) is 20.0. The van der Waals surface area contributed by atoms with E-state index < -0.39 is 42.6 Å². The van der Waals surface area contributed by atoms with Gasteiger partial charge in [-0.3, -0.25) is 9.80 Å². The van der Waals surface area contributed by atoms with Gasteiger partial charge in [-0.25, -0.2) is 9.59 Å². The Bertz CT molecular complexity index is 720. The lowest BCUT2D eigenvalue weighted by Crippen LogP contribution is -2.66. The molecule has 1 aromatic rings. The highest BCUT2D eigenvalue weighted by Gasteiger charge is 2.53. The first-order valence-corrected chi connectivity index (χ1v) is 9.99. The monoisotopic (exact) mass is 406 g/mol. The first-order chi connectivity index (χ1) is 13.7. The second kappa shape index (κ2) is 8.59. The van der Waals surface area contributed by atoms with Crippen LogP contribution < -0.4 is 0 Å². The molecule has 1 unspecified atom stereocenters. The Balaban J connectivity index is 1.75. The first kappa shape index (κ1) is 21.4. The van der Waals surface area contributed by atoms with Crippen LogP contribution in [0.1, 0.15) is 39.2 Å². The number of likely N-dealkylation sites (tertiary alicyclic amines) is 1. The van der Waals surface area contributed by atoms with Gasteiger partial charge in [0.1, 0.15) is 12.2 Å². The third-order valence-electron chi connectivity index (χ3n) is 5.33. The molecule has 2 fully saturated rings. The van der Waals surface area contributed by atoms with Gasteiger partial charge in [-0.2, -0.15) is 0 Å². The van der Waals surface area contributed by atoms with Crippen LogP contribution in [-0.2, 0) is 16.1 Å². The SMILES string of the molecule is CC(C)(C)OC(=O)N1[C@@H]2CC[C@H]1[C@@H](C(O)CO)N(C(=O)OCc1ccccc1)C2. The zero-order chi connectivity index (χ0) is 21.2. The number of carbonyl (C=O) groups is 2. The second-order valence-electron chi connectivity index (χ2n) is 8.62. The molecule has 160 valence electrons. The van der Waals surface area contributed by atoms with E-state index >= 15 is 0 Å². The molecule has 2 heterocycles. The van der Waals surface area contributed by atoms with Crippen molar-refractivity contribution in [2.24, 2.45) is 0 Å². The van der Waals surface area contributed by atoms with Gasteiger partial charge in [0.25, 0.3) is 0 Å². The largest absolute Gasteiger partial charge is 0.445 e. The molecule has 0 spiro atoms. The Labute approximate surface area is 171 Å². The number of hydrogen-bond donors (Lipinski definition) is 2. The van der Waals surface area contributed by atoms with Gasteiger partial charge < -0.3 is 19.7 Å². The molecule has 8 nitrogen and oxygen atoms in total. The molecule has 29 heavy (non-hydrogen) atoms. The zero-order valence-electron chi connectivity index (χ0n) is 17.2. The molecule has 2 saturated heterocycles. The lowest BCUT2D eigenvalue weighted by Gasteiger charge is -2.47. The van der Waals surface area contributed by atoms with Crippen molar-refractivity contribution in [1.29, 1.82) is 0 Å². The lowest BCUT2D eigenvalue weighted by molar-refractivity contribution is -0.0631. The molecule has 0 aliphatic carbocycles. The van der Waals surface area contributed by atoms with Crippen molar-refractivity contribution in [2.75, 3.05) is 13.2 Å². The minimum atomic E-state index is -1.19. The molecule has 0 aromatic heterocycles. The van der Waals surface area contributed by atoms with E-state index in [1.54, 1.807) is 25.7 Å². The number of rotatable bonds is 4. The molecule has 2 bridgehead atoms. The van der Waals surface area contributed by atoms with Gasteiger partial charge >= 0.3 is 12.2 Å². The second-order valence-corrected chi connectivity index (χ2v) is 8.62. The number of nitrogens with zero attached hydrogens (tertiary/aromatic N) is 2. The van der Waals surface area contributed by atoms with Crippen LogP contribution in [0.3, 0.4) is 0 Å². The molecule has 2 aliphatic rings. The summed E-state index contributed by atoms with van der Waals surface area (Å²) in [5.41, 5.74) is 0.211. The topological polar surface area (TPSA) is 99.5 Å². The van der Waals surface area contributed by atoms with Gasteiger partial charge in [-0.05, 0) is 39.2 Å². The van der Waals surface area contributed by atoms with E-state index in [1.807, 2.05) is 30.3 Å². The Morgan fingerprint density at radius 1 is 1.17 bits per heavy atom. The smallest absolute Gasteiger partial charge is 0.410 e. The molecule has 2 N–H and O–H groups in total. The van der Waals surface area contributed by atoms with Crippen molar-refractivity contribution in [2.45, 2.75) is 70.1 Å². The van der Waals surface area contributed by atoms with Crippen molar-refractivity contribution < 1.29 is 29.3 Å². The van der Waals surface area contributed by atoms with Gasteiger partial charge in [0.05, 0.1) is 30.8 Å². The Morgan fingerprint density at radius 3 is 2.48 bits per heavy atom. The predicted molar refractivity (Wildman–Crippen MR) is 105 cm³/mol. The Kier molecular flexibility index (Phi) is 6.33. The molecule has 0 radical (unpaired) electrons. The van der Waals surface area contributed by atoms with Gasteiger partial charge in [-0.15, -0.1) is 0 Å². The average Bonchev–Trinajstić information content (AvgIpc) is 2.99. The number of aliphatic hydroxyl groups excluding tert-OH is 2.